The van der Waals surface area contributed by atoms with E-state index in [1.807, 2.05) is 24.4 Å². The number of aromatic nitrogens is 2. The van der Waals surface area contributed by atoms with Gasteiger partial charge >= 0.3 is 0 Å². The van der Waals surface area contributed by atoms with E-state index in [2.05, 4.69) is 23.8 Å². The molecular weight excluding hydrogens is 252 g/mol. The van der Waals surface area contributed by atoms with Crippen molar-refractivity contribution in [1.29, 1.82) is 0 Å². The van der Waals surface area contributed by atoms with Crippen LogP contribution in [0.2, 0.25) is 0 Å². The lowest BCUT2D eigenvalue weighted by Crippen LogP contribution is -2.08. The number of anilines is 2. The second kappa shape index (κ2) is 4.62. The maximum atomic E-state index is 5.69. The van der Waals surface area contributed by atoms with Crippen LogP contribution in [0, 0.1) is 0 Å². The summed E-state index contributed by atoms with van der Waals surface area (Å²) in [7, 11) is 4.00. The fraction of sp³-hybridized carbons (Fsp3) is 0.455. The van der Waals surface area contributed by atoms with Crippen molar-refractivity contribution in [2.45, 2.75) is 19.8 Å². The molecule has 2 rings (SSSR count). The van der Waals surface area contributed by atoms with Crippen LogP contribution < -0.4 is 10.6 Å². The number of rotatable bonds is 3. The Morgan fingerprint density at radius 1 is 1.29 bits per heavy atom. The van der Waals surface area contributed by atoms with Gasteiger partial charge in [-0.15, -0.1) is 11.3 Å². The summed E-state index contributed by atoms with van der Waals surface area (Å²) < 4.78 is 0. The minimum atomic E-state index is 0.387. The van der Waals surface area contributed by atoms with Gasteiger partial charge in [0.05, 0.1) is 16.3 Å². The number of nitrogens with zero attached hydrogens (tertiary/aromatic N) is 3. The summed E-state index contributed by atoms with van der Waals surface area (Å²) in [6.45, 7) is 4.29. The van der Waals surface area contributed by atoms with Crippen molar-refractivity contribution >= 4 is 32.9 Å². The van der Waals surface area contributed by atoms with E-state index in [1.54, 1.807) is 11.3 Å². The molecule has 2 N–H and O–H groups in total. The van der Waals surface area contributed by atoms with E-state index in [9.17, 15) is 0 Å². The molecule has 4 nitrogen and oxygen atoms in total. The van der Waals surface area contributed by atoms with E-state index in [1.165, 1.54) is 11.3 Å². The van der Waals surface area contributed by atoms with Crippen LogP contribution >= 0.6 is 22.7 Å². The highest BCUT2D eigenvalue weighted by atomic mass is 32.1. The molecule has 92 valence electrons. The first kappa shape index (κ1) is 12.3. The SMILES string of the molecule is CC(C)c1nc(N(C)C)sc1-c1csc(N)n1. The molecule has 0 radical (unpaired) electrons. The lowest BCUT2D eigenvalue weighted by Gasteiger charge is -2.05. The number of hydrogen-bond acceptors (Lipinski definition) is 6. The van der Waals surface area contributed by atoms with Gasteiger partial charge in [0.2, 0.25) is 0 Å². The summed E-state index contributed by atoms with van der Waals surface area (Å²) in [5, 5.41) is 3.61. The molecule has 2 heterocycles. The lowest BCUT2D eigenvalue weighted by molar-refractivity contribution is 0.831. The second-order valence-corrected chi connectivity index (χ2v) is 6.20. The smallest absolute Gasteiger partial charge is 0.185 e. The topological polar surface area (TPSA) is 55.0 Å². The molecule has 0 aromatic carbocycles. The standard InChI is InChI=1S/C11H16N4S2/c1-6(2)8-9(7-5-16-10(12)13-7)17-11(14-8)15(3)4/h5-6H,1-4H3,(H2,12,13). The summed E-state index contributed by atoms with van der Waals surface area (Å²) in [5.41, 5.74) is 7.74. The van der Waals surface area contributed by atoms with E-state index < -0.39 is 0 Å². The van der Waals surface area contributed by atoms with Crippen LogP contribution in [0.15, 0.2) is 5.38 Å². The van der Waals surface area contributed by atoms with Crippen LogP contribution in [-0.4, -0.2) is 24.1 Å². The van der Waals surface area contributed by atoms with Gasteiger partial charge < -0.3 is 10.6 Å². The third kappa shape index (κ3) is 2.42. The van der Waals surface area contributed by atoms with Gasteiger partial charge in [0.25, 0.3) is 0 Å². The van der Waals surface area contributed by atoms with Crippen molar-refractivity contribution < 1.29 is 0 Å². The van der Waals surface area contributed by atoms with E-state index >= 15 is 0 Å². The van der Waals surface area contributed by atoms with Crippen LogP contribution in [0.4, 0.5) is 10.3 Å². The Morgan fingerprint density at radius 2 is 2.00 bits per heavy atom. The minimum Gasteiger partial charge on any atom is -0.375 e. The molecule has 0 bridgehead atoms. The van der Waals surface area contributed by atoms with Crippen molar-refractivity contribution in [3.63, 3.8) is 0 Å². The zero-order valence-electron chi connectivity index (χ0n) is 10.4. The molecule has 0 saturated heterocycles. The predicted molar refractivity (Wildman–Crippen MR) is 76.1 cm³/mol. The highest BCUT2D eigenvalue weighted by Crippen LogP contribution is 2.38. The Morgan fingerprint density at radius 3 is 2.47 bits per heavy atom. The molecular formula is C11H16N4S2. The number of nitrogens with two attached hydrogens (primary N) is 1. The summed E-state index contributed by atoms with van der Waals surface area (Å²) >= 11 is 3.14. The summed E-state index contributed by atoms with van der Waals surface area (Å²) in [6, 6.07) is 0. The van der Waals surface area contributed by atoms with E-state index in [0.29, 0.717) is 11.0 Å². The van der Waals surface area contributed by atoms with Crippen molar-refractivity contribution in [3.8, 4) is 10.6 Å². The van der Waals surface area contributed by atoms with Gasteiger partial charge in [0.1, 0.15) is 0 Å². The lowest BCUT2D eigenvalue weighted by atomic mass is 10.1. The Bertz CT molecular complexity index is 513. The van der Waals surface area contributed by atoms with Gasteiger partial charge in [0, 0.05) is 19.5 Å². The molecule has 0 fully saturated rings. The predicted octanol–water partition coefficient (Wildman–Crippen LogP) is 3.04. The highest BCUT2D eigenvalue weighted by molar-refractivity contribution is 7.19. The molecule has 0 spiro atoms. The second-order valence-electron chi connectivity index (χ2n) is 4.33. The van der Waals surface area contributed by atoms with Crippen LogP contribution in [-0.2, 0) is 0 Å². The third-order valence-corrected chi connectivity index (χ3v) is 4.26. The van der Waals surface area contributed by atoms with E-state index in [0.717, 1.165) is 21.4 Å². The molecule has 0 saturated carbocycles. The molecule has 0 aliphatic rings. The molecule has 17 heavy (non-hydrogen) atoms. The number of hydrogen-bond donors (Lipinski definition) is 1. The summed E-state index contributed by atoms with van der Waals surface area (Å²) in [5.74, 6) is 0.387. The third-order valence-electron chi connectivity index (χ3n) is 2.33. The van der Waals surface area contributed by atoms with Crippen LogP contribution in [0.1, 0.15) is 25.5 Å². The summed E-state index contributed by atoms with van der Waals surface area (Å²) in [4.78, 5) is 12.2. The van der Waals surface area contributed by atoms with Crippen molar-refractivity contribution in [3.05, 3.63) is 11.1 Å². The van der Waals surface area contributed by atoms with Crippen LogP contribution in [0.25, 0.3) is 10.6 Å². The van der Waals surface area contributed by atoms with Crippen molar-refractivity contribution in [2.75, 3.05) is 24.7 Å². The van der Waals surface area contributed by atoms with Gasteiger partial charge in [0.15, 0.2) is 10.3 Å². The molecule has 6 heteroatoms. The molecule has 2 aromatic heterocycles. The first-order chi connectivity index (χ1) is 7.99. The fourth-order valence-electron chi connectivity index (χ4n) is 1.48. The quantitative estimate of drug-likeness (QED) is 0.929. The Labute approximate surface area is 109 Å². The zero-order valence-corrected chi connectivity index (χ0v) is 12.0. The van der Waals surface area contributed by atoms with Gasteiger partial charge in [-0.05, 0) is 5.92 Å². The molecule has 0 aliphatic carbocycles. The monoisotopic (exact) mass is 268 g/mol. The highest BCUT2D eigenvalue weighted by Gasteiger charge is 2.18. The van der Waals surface area contributed by atoms with Gasteiger partial charge in [-0.3, -0.25) is 0 Å². The average Bonchev–Trinajstić information content (AvgIpc) is 2.82. The first-order valence-electron chi connectivity index (χ1n) is 5.38. The molecule has 0 amide bonds. The van der Waals surface area contributed by atoms with E-state index in [-0.39, 0.29) is 0 Å². The van der Waals surface area contributed by atoms with Crippen LogP contribution in [0.5, 0.6) is 0 Å². The average molecular weight is 268 g/mol. The summed E-state index contributed by atoms with van der Waals surface area (Å²) in [6.07, 6.45) is 0. The molecule has 0 atom stereocenters. The van der Waals surface area contributed by atoms with Crippen molar-refractivity contribution in [2.24, 2.45) is 0 Å². The normalized spacial score (nSPS) is 11.1. The minimum absolute atomic E-state index is 0.387. The maximum Gasteiger partial charge on any atom is 0.185 e. The molecule has 0 unspecified atom stereocenters. The number of thiazole rings is 2. The zero-order chi connectivity index (χ0) is 12.6. The van der Waals surface area contributed by atoms with Crippen LogP contribution in [0.3, 0.4) is 0 Å². The maximum absolute atomic E-state index is 5.69. The first-order valence-corrected chi connectivity index (χ1v) is 7.08. The van der Waals surface area contributed by atoms with Gasteiger partial charge in [-0.1, -0.05) is 25.2 Å². The number of nitrogen functional groups attached to an aromatic ring is 1. The fourth-order valence-corrected chi connectivity index (χ4v) is 3.21. The Kier molecular flexibility index (Phi) is 3.35. The molecule has 2 aromatic rings. The van der Waals surface area contributed by atoms with Gasteiger partial charge in [-0.25, -0.2) is 9.97 Å². The largest absolute Gasteiger partial charge is 0.375 e. The van der Waals surface area contributed by atoms with Gasteiger partial charge in [-0.2, -0.15) is 0 Å². The molecule has 0 aliphatic heterocycles. The van der Waals surface area contributed by atoms with E-state index in [4.69, 9.17) is 5.73 Å². The Balaban J connectivity index is 2.51. The Hall–Kier alpha value is -1.14. The van der Waals surface area contributed by atoms with Crippen molar-refractivity contribution in [1.82, 2.24) is 9.97 Å².